The van der Waals surface area contributed by atoms with Crippen molar-refractivity contribution in [1.82, 2.24) is 10.5 Å². The highest BCUT2D eigenvalue weighted by Gasteiger charge is 2.34. The average Bonchev–Trinajstić information content (AvgIpc) is 2.87. The highest BCUT2D eigenvalue weighted by Crippen LogP contribution is 2.34. The Kier molecular flexibility index (Phi) is 5.20. The molecule has 0 bridgehead atoms. The van der Waals surface area contributed by atoms with Crippen LogP contribution in [0.1, 0.15) is 42.4 Å². The smallest absolute Gasteiger partial charge is 0.355 e. The summed E-state index contributed by atoms with van der Waals surface area (Å²) in [6.45, 7) is 7.26. The molecule has 1 N–H and O–H groups in total. The highest BCUT2D eigenvalue weighted by molar-refractivity contribution is 5.95. The number of carbonyl (C=O) groups is 1. The third-order valence-corrected chi connectivity index (χ3v) is 4.03. The van der Waals surface area contributed by atoms with Crippen LogP contribution in [0, 0.1) is 18.7 Å². The van der Waals surface area contributed by atoms with Crippen LogP contribution in [0.4, 0.5) is 17.6 Å². The zero-order chi connectivity index (χ0) is 18.9. The molecule has 2 rings (SSSR count). The predicted molar refractivity (Wildman–Crippen MR) is 83.4 cm³/mol. The topological polar surface area (TPSA) is 55.1 Å². The molecule has 0 saturated carbocycles. The number of hydrogen-bond acceptors (Lipinski definition) is 3. The van der Waals surface area contributed by atoms with Gasteiger partial charge in [0.15, 0.2) is 11.5 Å². The van der Waals surface area contributed by atoms with Gasteiger partial charge in [-0.1, -0.05) is 25.1 Å². The zero-order valence-corrected chi connectivity index (χ0v) is 14.2. The third kappa shape index (κ3) is 4.00. The van der Waals surface area contributed by atoms with Gasteiger partial charge in [0.2, 0.25) is 0 Å². The van der Waals surface area contributed by atoms with E-state index in [1.165, 1.54) is 6.92 Å². The zero-order valence-electron chi connectivity index (χ0n) is 14.2. The van der Waals surface area contributed by atoms with Crippen molar-refractivity contribution in [3.05, 3.63) is 40.8 Å². The summed E-state index contributed by atoms with van der Waals surface area (Å²) in [7, 11) is 0. The molecule has 1 aromatic carbocycles. The normalized spacial score (nSPS) is 13.2. The van der Waals surface area contributed by atoms with Crippen molar-refractivity contribution in [3.8, 4) is 11.3 Å². The molecule has 0 aliphatic heterocycles. The summed E-state index contributed by atoms with van der Waals surface area (Å²) in [5.41, 5.74) is -0.945. The van der Waals surface area contributed by atoms with Gasteiger partial charge in [-0.05, 0) is 31.9 Å². The molecule has 1 unspecified atom stereocenters. The number of halogens is 4. The number of hydrogen-bond donors (Lipinski definition) is 1. The minimum atomic E-state index is -4.78. The maximum Gasteiger partial charge on any atom is 0.419 e. The molecule has 4 nitrogen and oxygen atoms in total. The average molecular weight is 358 g/mol. The lowest BCUT2D eigenvalue weighted by atomic mass is 10.0. The predicted octanol–water partition coefficient (Wildman–Crippen LogP) is 4.58. The molecule has 0 spiro atoms. The summed E-state index contributed by atoms with van der Waals surface area (Å²) in [4.78, 5) is 12.2. The molecular weight excluding hydrogens is 340 g/mol. The van der Waals surface area contributed by atoms with E-state index in [0.717, 1.165) is 12.1 Å². The number of nitrogens with one attached hydrogen (secondary N) is 1. The Morgan fingerprint density at radius 2 is 1.88 bits per heavy atom. The van der Waals surface area contributed by atoms with Gasteiger partial charge in [-0.3, -0.25) is 4.79 Å². The van der Waals surface area contributed by atoms with Crippen LogP contribution in [0.2, 0.25) is 0 Å². The Balaban J connectivity index is 2.32. The van der Waals surface area contributed by atoms with Gasteiger partial charge in [0.1, 0.15) is 5.82 Å². The van der Waals surface area contributed by atoms with Gasteiger partial charge >= 0.3 is 6.18 Å². The first-order chi connectivity index (χ1) is 11.5. The minimum Gasteiger partial charge on any atom is -0.355 e. The van der Waals surface area contributed by atoms with Gasteiger partial charge in [-0.25, -0.2) is 4.39 Å². The van der Waals surface area contributed by atoms with E-state index >= 15 is 0 Å². The molecule has 2 aromatic rings. The maximum atomic E-state index is 13.7. The van der Waals surface area contributed by atoms with Crippen LogP contribution in [-0.4, -0.2) is 17.1 Å². The van der Waals surface area contributed by atoms with E-state index in [1.807, 2.05) is 20.8 Å². The van der Waals surface area contributed by atoms with E-state index in [1.54, 1.807) is 0 Å². The number of rotatable bonds is 4. The Hall–Kier alpha value is -2.38. The largest absolute Gasteiger partial charge is 0.419 e. The highest BCUT2D eigenvalue weighted by atomic mass is 19.4. The molecule has 1 heterocycles. The van der Waals surface area contributed by atoms with Crippen LogP contribution < -0.4 is 5.32 Å². The van der Waals surface area contributed by atoms with Gasteiger partial charge in [-0.2, -0.15) is 13.2 Å². The van der Waals surface area contributed by atoms with Crippen LogP contribution >= 0.6 is 0 Å². The number of carbonyl (C=O) groups excluding carboxylic acids is 1. The van der Waals surface area contributed by atoms with Crippen molar-refractivity contribution in [2.45, 2.75) is 39.9 Å². The van der Waals surface area contributed by atoms with Gasteiger partial charge in [0.05, 0.1) is 5.56 Å². The molecule has 0 fully saturated rings. The quantitative estimate of drug-likeness (QED) is 0.814. The number of amides is 1. The fraction of sp³-hybridized carbons (Fsp3) is 0.412. The summed E-state index contributed by atoms with van der Waals surface area (Å²) < 4.78 is 56.7. The number of nitrogens with zero attached hydrogens (tertiary/aromatic N) is 1. The van der Waals surface area contributed by atoms with Gasteiger partial charge in [-0.15, -0.1) is 0 Å². The number of alkyl halides is 3. The van der Waals surface area contributed by atoms with Crippen molar-refractivity contribution in [3.63, 3.8) is 0 Å². The lowest BCUT2D eigenvalue weighted by molar-refractivity contribution is -0.139. The summed E-state index contributed by atoms with van der Waals surface area (Å²) in [5.74, 6) is -1.61. The van der Waals surface area contributed by atoms with E-state index in [9.17, 15) is 22.4 Å². The number of benzene rings is 1. The summed E-state index contributed by atoms with van der Waals surface area (Å²) in [6, 6.07) is 2.33. The van der Waals surface area contributed by atoms with Crippen LogP contribution in [0.3, 0.4) is 0 Å². The maximum absolute atomic E-state index is 13.7. The Bertz CT molecular complexity index is 781. The molecule has 0 aliphatic rings. The standard InChI is InChI=1S/C17H18F4N2O2/c1-8(2)10(4)22-16(24)14-9(3)15(25-23-14)11-5-6-12(13(18)7-11)17(19,20)21/h5-8,10H,1-4H3,(H,22,24). The monoisotopic (exact) mass is 358 g/mol. The summed E-state index contributed by atoms with van der Waals surface area (Å²) >= 11 is 0. The van der Waals surface area contributed by atoms with Crippen molar-refractivity contribution in [1.29, 1.82) is 0 Å². The number of aromatic nitrogens is 1. The summed E-state index contributed by atoms with van der Waals surface area (Å²) in [6.07, 6.45) is -4.78. The van der Waals surface area contributed by atoms with Crippen molar-refractivity contribution in [2.75, 3.05) is 0 Å². The van der Waals surface area contributed by atoms with E-state index < -0.39 is 23.5 Å². The first-order valence-corrected chi connectivity index (χ1v) is 7.66. The van der Waals surface area contributed by atoms with Crippen LogP contribution in [0.15, 0.2) is 22.7 Å². The fourth-order valence-corrected chi connectivity index (χ4v) is 2.14. The second kappa shape index (κ2) is 6.85. The Labute approximate surface area is 142 Å². The molecule has 1 aromatic heterocycles. The van der Waals surface area contributed by atoms with Gasteiger partial charge < -0.3 is 9.84 Å². The van der Waals surface area contributed by atoms with E-state index in [-0.39, 0.29) is 29.0 Å². The van der Waals surface area contributed by atoms with E-state index in [2.05, 4.69) is 10.5 Å². The van der Waals surface area contributed by atoms with Crippen LogP contribution in [-0.2, 0) is 6.18 Å². The van der Waals surface area contributed by atoms with Crippen LogP contribution in [0.25, 0.3) is 11.3 Å². The Morgan fingerprint density at radius 1 is 1.24 bits per heavy atom. The molecule has 136 valence electrons. The minimum absolute atomic E-state index is 0.0165. The van der Waals surface area contributed by atoms with E-state index in [4.69, 9.17) is 4.52 Å². The first kappa shape index (κ1) is 19.0. The second-order valence-corrected chi connectivity index (χ2v) is 6.18. The lowest BCUT2D eigenvalue weighted by Gasteiger charge is -2.16. The second-order valence-electron chi connectivity index (χ2n) is 6.18. The first-order valence-electron chi connectivity index (χ1n) is 7.66. The van der Waals surface area contributed by atoms with Gasteiger partial charge in [0.25, 0.3) is 5.91 Å². The molecular formula is C17H18F4N2O2. The molecule has 8 heteroatoms. The Morgan fingerprint density at radius 3 is 2.40 bits per heavy atom. The summed E-state index contributed by atoms with van der Waals surface area (Å²) in [5, 5.41) is 6.43. The van der Waals surface area contributed by atoms with Crippen molar-refractivity contribution < 1.29 is 26.9 Å². The molecule has 0 aliphatic carbocycles. The fourth-order valence-electron chi connectivity index (χ4n) is 2.14. The SMILES string of the molecule is Cc1c(C(=O)NC(C)C(C)C)noc1-c1ccc(C(F)(F)F)c(F)c1. The molecule has 25 heavy (non-hydrogen) atoms. The molecule has 1 atom stereocenters. The van der Waals surface area contributed by atoms with Crippen molar-refractivity contribution in [2.24, 2.45) is 5.92 Å². The van der Waals surface area contributed by atoms with E-state index in [0.29, 0.717) is 11.6 Å². The molecule has 1 amide bonds. The van der Waals surface area contributed by atoms with Gasteiger partial charge in [0, 0.05) is 17.2 Å². The van der Waals surface area contributed by atoms with Crippen LogP contribution in [0.5, 0.6) is 0 Å². The third-order valence-electron chi connectivity index (χ3n) is 4.03. The van der Waals surface area contributed by atoms with Crippen molar-refractivity contribution >= 4 is 5.91 Å². The molecule has 0 saturated heterocycles. The molecule has 0 radical (unpaired) electrons. The lowest BCUT2D eigenvalue weighted by Crippen LogP contribution is -2.36.